The van der Waals surface area contributed by atoms with Gasteiger partial charge in [-0.3, -0.25) is 0 Å². The average Bonchev–Trinajstić information content (AvgIpc) is 3.32. The van der Waals surface area contributed by atoms with Gasteiger partial charge in [-0.25, -0.2) is 0 Å². The number of nitrogens with two attached hydrogens (primary N) is 2. The predicted molar refractivity (Wildman–Crippen MR) is 110 cm³/mol. The first-order chi connectivity index (χ1) is 12.6. The van der Waals surface area contributed by atoms with Crippen molar-refractivity contribution in [3.8, 4) is 5.75 Å². The standard InChI is InChI=1S/C14H19NO.C8H12N2/c1-2-10-15(9-1)13-5-7-14(8-6-13)16-11-12-3-4-12;1-6(9)7-2-4-8(10)5-3-7/h5-8,12H,1-4,9-11H2;2-6H,9-10H2,1H3. The van der Waals surface area contributed by atoms with Crippen molar-refractivity contribution in [2.45, 2.75) is 38.6 Å². The molecule has 1 aliphatic heterocycles. The molecule has 2 fully saturated rings. The molecule has 1 saturated heterocycles. The van der Waals surface area contributed by atoms with Gasteiger partial charge in [-0.2, -0.15) is 0 Å². The van der Waals surface area contributed by atoms with Gasteiger partial charge in [0.05, 0.1) is 6.61 Å². The van der Waals surface area contributed by atoms with E-state index in [1.807, 2.05) is 31.2 Å². The zero-order chi connectivity index (χ0) is 18.4. The van der Waals surface area contributed by atoms with Crippen LogP contribution < -0.4 is 21.1 Å². The van der Waals surface area contributed by atoms with Gasteiger partial charge in [0.25, 0.3) is 0 Å². The Labute approximate surface area is 157 Å². The van der Waals surface area contributed by atoms with Crippen LogP contribution in [-0.2, 0) is 0 Å². The minimum atomic E-state index is 0.0978. The molecule has 4 rings (SSSR count). The van der Waals surface area contributed by atoms with Gasteiger partial charge in [-0.1, -0.05) is 12.1 Å². The second-order valence-electron chi connectivity index (χ2n) is 7.40. The highest BCUT2D eigenvalue weighted by Gasteiger charge is 2.21. The van der Waals surface area contributed by atoms with Gasteiger partial charge in [0.2, 0.25) is 0 Å². The van der Waals surface area contributed by atoms with Crippen LogP contribution in [0, 0.1) is 5.92 Å². The quantitative estimate of drug-likeness (QED) is 0.784. The molecule has 0 radical (unpaired) electrons. The second kappa shape index (κ2) is 8.95. The smallest absolute Gasteiger partial charge is 0.119 e. The highest BCUT2D eigenvalue weighted by atomic mass is 16.5. The normalized spacial score (nSPS) is 17.4. The van der Waals surface area contributed by atoms with Crippen LogP contribution in [0.3, 0.4) is 0 Å². The minimum Gasteiger partial charge on any atom is -0.493 e. The van der Waals surface area contributed by atoms with Crippen molar-refractivity contribution in [2.24, 2.45) is 11.7 Å². The summed E-state index contributed by atoms with van der Waals surface area (Å²) in [7, 11) is 0. The Morgan fingerprint density at radius 3 is 2.15 bits per heavy atom. The number of hydrogen-bond acceptors (Lipinski definition) is 4. The molecular weight excluding hydrogens is 322 g/mol. The van der Waals surface area contributed by atoms with E-state index < -0.39 is 0 Å². The van der Waals surface area contributed by atoms with Crippen molar-refractivity contribution >= 4 is 11.4 Å². The summed E-state index contributed by atoms with van der Waals surface area (Å²) < 4.78 is 5.73. The van der Waals surface area contributed by atoms with Crippen LogP contribution in [0.1, 0.15) is 44.2 Å². The van der Waals surface area contributed by atoms with Crippen LogP contribution in [0.2, 0.25) is 0 Å². The lowest BCUT2D eigenvalue weighted by Gasteiger charge is -2.17. The SMILES string of the molecule is CC(N)c1ccc(N)cc1.c1cc(N2CCCC2)ccc1OCC1CC1. The number of hydrogen-bond donors (Lipinski definition) is 2. The first-order valence-electron chi connectivity index (χ1n) is 9.70. The summed E-state index contributed by atoms with van der Waals surface area (Å²) >= 11 is 0. The molecule has 2 aromatic rings. The Balaban J connectivity index is 0.000000170. The van der Waals surface area contributed by atoms with E-state index in [0.717, 1.165) is 29.5 Å². The third-order valence-electron chi connectivity index (χ3n) is 4.95. The van der Waals surface area contributed by atoms with Crippen LogP contribution in [0.4, 0.5) is 11.4 Å². The average molecular weight is 354 g/mol. The number of benzene rings is 2. The van der Waals surface area contributed by atoms with Gasteiger partial charge < -0.3 is 21.1 Å². The Kier molecular flexibility index (Phi) is 6.40. The lowest BCUT2D eigenvalue weighted by atomic mass is 10.1. The van der Waals surface area contributed by atoms with Crippen molar-refractivity contribution in [1.29, 1.82) is 0 Å². The number of ether oxygens (including phenoxy) is 1. The van der Waals surface area contributed by atoms with Gasteiger partial charge >= 0.3 is 0 Å². The maximum absolute atomic E-state index is 5.73. The number of nitrogens with zero attached hydrogens (tertiary/aromatic N) is 1. The van der Waals surface area contributed by atoms with E-state index in [2.05, 4.69) is 29.2 Å². The number of anilines is 2. The summed E-state index contributed by atoms with van der Waals surface area (Å²) in [5.74, 6) is 1.85. The lowest BCUT2D eigenvalue weighted by molar-refractivity contribution is 0.300. The molecule has 1 saturated carbocycles. The van der Waals surface area contributed by atoms with Gasteiger partial charge in [0.15, 0.2) is 0 Å². The minimum absolute atomic E-state index is 0.0978. The highest BCUT2D eigenvalue weighted by molar-refractivity contribution is 5.49. The van der Waals surface area contributed by atoms with Crippen LogP contribution in [0.15, 0.2) is 48.5 Å². The van der Waals surface area contributed by atoms with Gasteiger partial charge in [0.1, 0.15) is 5.75 Å². The van der Waals surface area contributed by atoms with Crippen LogP contribution in [0.5, 0.6) is 5.75 Å². The van der Waals surface area contributed by atoms with Crippen LogP contribution >= 0.6 is 0 Å². The topological polar surface area (TPSA) is 64.5 Å². The van der Waals surface area contributed by atoms with E-state index in [4.69, 9.17) is 16.2 Å². The Bertz CT molecular complexity index is 657. The molecule has 1 heterocycles. The molecule has 26 heavy (non-hydrogen) atoms. The van der Waals surface area contributed by atoms with Crippen molar-refractivity contribution in [2.75, 3.05) is 30.3 Å². The zero-order valence-corrected chi connectivity index (χ0v) is 15.7. The summed E-state index contributed by atoms with van der Waals surface area (Å²) in [6.45, 7) is 5.28. The number of rotatable bonds is 5. The molecule has 1 atom stereocenters. The summed E-state index contributed by atoms with van der Waals surface area (Å²) in [5.41, 5.74) is 14.4. The van der Waals surface area contributed by atoms with E-state index >= 15 is 0 Å². The fourth-order valence-corrected chi connectivity index (χ4v) is 3.03. The van der Waals surface area contributed by atoms with Crippen LogP contribution in [0.25, 0.3) is 0 Å². The molecule has 1 aliphatic carbocycles. The molecule has 0 spiro atoms. The van der Waals surface area contributed by atoms with Gasteiger partial charge in [-0.15, -0.1) is 0 Å². The first-order valence-corrected chi connectivity index (χ1v) is 9.70. The first kappa shape index (κ1) is 18.6. The van der Waals surface area contributed by atoms with E-state index in [1.54, 1.807) is 0 Å². The molecule has 140 valence electrons. The van der Waals surface area contributed by atoms with Gasteiger partial charge in [-0.05, 0) is 80.5 Å². The Hall–Kier alpha value is -2.20. The monoisotopic (exact) mass is 353 g/mol. The Morgan fingerprint density at radius 2 is 1.62 bits per heavy atom. The van der Waals surface area contributed by atoms with E-state index in [9.17, 15) is 0 Å². The van der Waals surface area contributed by atoms with Crippen molar-refractivity contribution in [3.63, 3.8) is 0 Å². The maximum atomic E-state index is 5.73. The fraction of sp³-hybridized carbons (Fsp3) is 0.455. The molecule has 4 N–H and O–H groups in total. The van der Waals surface area contributed by atoms with Crippen molar-refractivity contribution < 1.29 is 4.74 Å². The molecule has 1 unspecified atom stereocenters. The molecule has 4 nitrogen and oxygen atoms in total. The molecule has 0 bridgehead atoms. The largest absolute Gasteiger partial charge is 0.493 e. The third-order valence-corrected chi connectivity index (χ3v) is 4.95. The molecule has 2 aromatic carbocycles. The summed E-state index contributed by atoms with van der Waals surface area (Å²) in [6.07, 6.45) is 5.37. The van der Waals surface area contributed by atoms with Crippen LogP contribution in [-0.4, -0.2) is 19.7 Å². The lowest BCUT2D eigenvalue weighted by Crippen LogP contribution is -2.17. The summed E-state index contributed by atoms with van der Waals surface area (Å²) in [5, 5.41) is 0. The van der Waals surface area contributed by atoms with E-state index in [1.165, 1.54) is 44.5 Å². The molecular formula is C22H31N3O. The van der Waals surface area contributed by atoms with Crippen molar-refractivity contribution in [3.05, 3.63) is 54.1 Å². The molecule has 0 amide bonds. The third kappa shape index (κ3) is 5.67. The predicted octanol–water partition coefficient (Wildman–Crippen LogP) is 4.36. The highest BCUT2D eigenvalue weighted by Crippen LogP contribution is 2.30. The van der Waals surface area contributed by atoms with Crippen molar-refractivity contribution in [1.82, 2.24) is 0 Å². The van der Waals surface area contributed by atoms with E-state index in [-0.39, 0.29) is 6.04 Å². The zero-order valence-electron chi connectivity index (χ0n) is 15.7. The molecule has 0 aromatic heterocycles. The fourth-order valence-electron chi connectivity index (χ4n) is 3.03. The maximum Gasteiger partial charge on any atom is 0.119 e. The Morgan fingerprint density at radius 1 is 1.00 bits per heavy atom. The summed E-state index contributed by atoms with van der Waals surface area (Å²) in [6, 6.07) is 16.3. The second-order valence-corrected chi connectivity index (χ2v) is 7.40. The van der Waals surface area contributed by atoms with Gasteiger partial charge in [0, 0.05) is 30.5 Å². The van der Waals surface area contributed by atoms with E-state index in [0.29, 0.717) is 0 Å². The molecule has 2 aliphatic rings. The number of nitrogen functional groups attached to an aromatic ring is 1. The summed E-state index contributed by atoms with van der Waals surface area (Å²) in [4.78, 5) is 2.45. The molecule has 4 heteroatoms.